The fraction of sp³-hybridized carbons (Fsp3) is 0.881. The highest BCUT2D eigenvalue weighted by molar-refractivity contribution is 5.71. The van der Waals surface area contributed by atoms with E-state index in [9.17, 15) is 14.4 Å². The fourth-order valence-electron chi connectivity index (χ4n) is 8.59. The van der Waals surface area contributed by atoms with E-state index < -0.39 is 6.10 Å². The van der Waals surface area contributed by atoms with Gasteiger partial charge in [0.15, 0.2) is 6.10 Å². The molecule has 0 aromatic rings. The highest BCUT2D eigenvalue weighted by atomic mass is 16.6. The SMILES string of the molecule is CCCCC/C=C\C/C=C\CCCCCCCC(=O)OC[C@H](COC(=O)CCCCCCCCCCCCCCCCCCCCC)OC(=O)CCCCCCCCCCCCCCC. The smallest absolute Gasteiger partial charge is 0.306 e. The van der Waals surface area contributed by atoms with Crippen molar-refractivity contribution >= 4 is 17.9 Å². The summed E-state index contributed by atoms with van der Waals surface area (Å²) in [5.74, 6) is -0.864. The third kappa shape index (κ3) is 52.7. The molecule has 0 aromatic heterocycles. The second-order valence-electron chi connectivity index (χ2n) is 19.6. The molecule has 0 aliphatic carbocycles. The number of hydrogen-bond donors (Lipinski definition) is 0. The number of hydrogen-bond acceptors (Lipinski definition) is 6. The fourth-order valence-corrected chi connectivity index (χ4v) is 8.59. The van der Waals surface area contributed by atoms with Crippen LogP contribution in [0.5, 0.6) is 0 Å². The van der Waals surface area contributed by atoms with Gasteiger partial charge in [0.05, 0.1) is 0 Å². The molecule has 0 N–H and O–H groups in total. The Labute approximate surface area is 404 Å². The van der Waals surface area contributed by atoms with E-state index in [1.54, 1.807) is 0 Å². The Morgan fingerprint density at radius 2 is 0.554 bits per heavy atom. The second-order valence-corrected chi connectivity index (χ2v) is 19.6. The van der Waals surface area contributed by atoms with Gasteiger partial charge >= 0.3 is 17.9 Å². The van der Waals surface area contributed by atoms with Crippen molar-refractivity contribution in [1.29, 1.82) is 0 Å². The van der Waals surface area contributed by atoms with Crippen molar-refractivity contribution in [2.24, 2.45) is 0 Å². The Kier molecular flexibility index (Phi) is 52.7. The van der Waals surface area contributed by atoms with Gasteiger partial charge in [0.25, 0.3) is 0 Å². The standard InChI is InChI=1S/C59H110O6/c1-4-7-10-13-16-19-22-25-27-28-29-30-32-35-37-40-43-46-49-52-58(61)64-55-56(65-59(62)53-50-47-44-41-38-33-24-21-18-15-12-9-6-3)54-63-57(60)51-48-45-42-39-36-34-31-26-23-20-17-14-11-8-5-2/h17,20,26,31,56H,4-16,18-19,21-25,27-30,32-55H2,1-3H3/b20-17-,31-26-/t56-/m1/s1. The van der Waals surface area contributed by atoms with Gasteiger partial charge in [-0.15, -0.1) is 0 Å². The lowest BCUT2D eigenvalue weighted by Crippen LogP contribution is -2.30. The summed E-state index contributed by atoms with van der Waals surface area (Å²) in [6.45, 7) is 6.65. The summed E-state index contributed by atoms with van der Waals surface area (Å²) in [4.78, 5) is 38.1. The summed E-state index contributed by atoms with van der Waals surface area (Å²) < 4.78 is 16.9. The van der Waals surface area contributed by atoms with Crippen LogP contribution in [0.15, 0.2) is 24.3 Å². The average molecular weight is 916 g/mol. The number of carbonyl (C=O) groups excluding carboxylic acids is 3. The molecule has 0 fully saturated rings. The molecular weight excluding hydrogens is 805 g/mol. The molecule has 6 nitrogen and oxygen atoms in total. The first-order valence-electron chi connectivity index (χ1n) is 28.8. The van der Waals surface area contributed by atoms with E-state index in [0.717, 1.165) is 77.0 Å². The van der Waals surface area contributed by atoms with E-state index in [1.165, 1.54) is 199 Å². The Morgan fingerprint density at radius 1 is 0.308 bits per heavy atom. The zero-order chi connectivity index (χ0) is 47.2. The first kappa shape index (κ1) is 62.9. The predicted octanol–water partition coefficient (Wildman–Crippen LogP) is 19.1. The molecular formula is C59H110O6. The van der Waals surface area contributed by atoms with Crippen LogP contribution in [0.2, 0.25) is 0 Å². The summed E-state index contributed by atoms with van der Waals surface area (Å²) in [6, 6.07) is 0. The van der Waals surface area contributed by atoms with Crippen molar-refractivity contribution in [3.63, 3.8) is 0 Å². The molecule has 6 heteroatoms. The number of esters is 3. The summed E-state index contributed by atoms with van der Waals surface area (Å²) in [7, 11) is 0. The van der Waals surface area contributed by atoms with Gasteiger partial charge in [-0.05, 0) is 51.4 Å². The summed E-state index contributed by atoms with van der Waals surface area (Å²) in [5, 5.41) is 0. The van der Waals surface area contributed by atoms with Crippen LogP contribution in [0.3, 0.4) is 0 Å². The Hall–Kier alpha value is -2.11. The lowest BCUT2D eigenvalue weighted by Gasteiger charge is -2.18. The van der Waals surface area contributed by atoms with Gasteiger partial charge in [-0.3, -0.25) is 14.4 Å². The maximum Gasteiger partial charge on any atom is 0.306 e. The molecule has 0 amide bonds. The van der Waals surface area contributed by atoms with Crippen LogP contribution < -0.4 is 0 Å². The van der Waals surface area contributed by atoms with Gasteiger partial charge < -0.3 is 14.2 Å². The minimum atomic E-state index is -0.771. The normalized spacial score (nSPS) is 12.1. The lowest BCUT2D eigenvalue weighted by molar-refractivity contribution is -0.167. The summed E-state index contributed by atoms with van der Waals surface area (Å²) in [5.41, 5.74) is 0. The van der Waals surface area contributed by atoms with Gasteiger partial charge in [-0.25, -0.2) is 0 Å². The minimum Gasteiger partial charge on any atom is -0.462 e. The van der Waals surface area contributed by atoms with Crippen molar-refractivity contribution in [2.75, 3.05) is 13.2 Å². The molecule has 0 radical (unpaired) electrons. The summed E-state index contributed by atoms with van der Waals surface area (Å²) >= 11 is 0. The third-order valence-corrected chi connectivity index (χ3v) is 13.0. The number of unbranched alkanes of at least 4 members (excludes halogenated alkanes) is 38. The number of allylic oxidation sites excluding steroid dienone is 4. The molecule has 0 spiro atoms. The molecule has 0 aliphatic heterocycles. The Bertz CT molecular complexity index is 1050. The van der Waals surface area contributed by atoms with Crippen molar-refractivity contribution < 1.29 is 28.6 Å². The molecule has 0 bridgehead atoms. The van der Waals surface area contributed by atoms with E-state index >= 15 is 0 Å². The molecule has 0 rings (SSSR count). The lowest BCUT2D eigenvalue weighted by atomic mass is 10.0. The maximum absolute atomic E-state index is 12.8. The van der Waals surface area contributed by atoms with Crippen molar-refractivity contribution in [3.05, 3.63) is 24.3 Å². The third-order valence-electron chi connectivity index (χ3n) is 13.0. The Balaban J connectivity index is 4.30. The maximum atomic E-state index is 12.8. The predicted molar refractivity (Wildman–Crippen MR) is 279 cm³/mol. The molecule has 0 unspecified atom stereocenters. The zero-order valence-electron chi connectivity index (χ0n) is 43.8. The van der Waals surface area contributed by atoms with Crippen LogP contribution in [0, 0.1) is 0 Å². The van der Waals surface area contributed by atoms with Crippen LogP contribution in [0.1, 0.15) is 316 Å². The highest BCUT2D eigenvalue weighted by Crippen LogP contribution is 2.17. The van der Waals surface area contributed by atoms with Crippen LogP contribution >= 0.6 is 0 Å². The van der Waals surface area contributed by atoms with Gasteiger partial charge in [-0.1, -0.05) is 270 Å². The van der Waals surface area contributed by atoms with Gasteiger partial charge in [0.1, 0.15) is 13.2 Å². The van der Waals surface area contributed by atoms with E-state index in [0.29, 0.717) is 19.3 Å². The Morgan fingerprint density at radius 3 is 0.877 bits per heavy atom. The van der Waals surface area contributed by atoms with E-state index in [-0.39, 0.29) is 31.1 Å². The van der Waals surface area contributed by atoms with Gasteiger partial charge in [-0.2, -0.15) is 0 Å². The first-order chi connectivity index (χ1) is 32.0. The quantitative estimate of drug-likeness (QED) is 0.0262. The summed E-state index contributed by atoms with van der Waals surface area (Å²) in [6.07, 6.45) is 63.1. The van der Waals surface area contributed by atoms with Gasteiger partial charge in [0, 0.05) is 19.3 Å². The van der Waals surface area contributed by atoms with Crippen LogP contribution in [-0.2, 0) is 28.6 Å². The number of ether oxygens (including phenoxy) is 3. The van der Waals surface area contributed by atoms with Crippen molar-refractivity contribution in [2.45, 2.75) is 322 Å². The van der Waals surface area contributed by atoms with Crippen LogP contribution in [0.25, 0.3) is 0 Å². The van der Waals surface area contributed by atoms with Crippen LogP contribution in [0.4, 0.5) is 0 Å². The molecule has 0 aromatic carbocycles. The average Bonchev–Trinajstić information content (AvgIpc) is 3.30. The molecule has 0 heterocycles. The van der Waals surface area contributed by atoms with E-state index in [4.69, 9.17) is 14.2 Å². The topological polar surface area (TPSA) is 78.9 Å². The van der Waals surface area contributed by atoms with Crippen LogP contribution in [-0.4, -0.2) is 37.2 Å². The first-order valence-corrected chi connectivity index (χ1v) is 28.8. The van der Waals surface area contributed by atoms with Crippen molar-refractivity contribution in [3.8, 4) is 0 Å². The molecule has 0 saturated heterocycles. The molecule has 65 heavy (non-hydrogen) atoms. The minimum absolute atomic E-state index is 0.0702. The zero-order valence-corrected chi connectivity index (χ0v) is 43.8. The highest BCUT2D eigenvalue weighted by Gasteiger charge is 2.19. The largest absolute Gasteiger partial charge is 0.462 e. The van der Waals surface area contributed by atoms with E-state index in [1.807, 2.05) is 0 Å². The van der Waals surface area contributed by atoms with Crippen molar-refractivity contribution in [1.82, 2.24) is 0 Å². The van der Waals surface area contributed by atoms with E-state index in [2.05, 4.69) is 45.1 Å². The number of rotatable bonds is 53. The second kappa shape index (κ2) is 54.5. The molecule has 1 atom stereocenters. The number of carbonyl (C=O) groups is 3. The molecule has 0 aliphatic rings. The van der Waals surface area contributed by atoms with Gasteiger partial charge in [0.2, 0.25) is 0 Å². The molecule has 0 saturated carbocycles. The monoisotopic (exact) mass is 915 g/mol. The molecule has 382 valence electrons.